The van der Waals surface area contributed by atoms with Crippen molar-refractivity contribution in [3.8, 4) is 16.3 Å². The Bertz CT molecular complexity index is 734. The maximum absolute atomic E-state index is 6.01. The van der Waals surface area contributed by atoms with E-state index in [1.807, 2.05) is 47.3 Å². The highest BCUT2D eigenvalue weighted by Gasteiger charge is 2.17. The van der Waals surface area contributed by atoms with Gasteiger partial charge in [0, 0.05) is 11.6 Å². The van der Waals surface area contributed by atoms with E-state index in [4.69, 9.17) is 17.3 Å². The number of hydrogen-bond acceptors (Lipinski definition) is 4. The summed E-state index contributed by atoms with van der Waals surface area (Å²) in [5.74, 6) is 0. The lowest BCUT2D eigenvalue weighted by Crippen LogP contribution is -2.03. The Balaban J connectivity index is 2.22. The van der Waals surface area contributed by atoms with Gasteiger partial charge in [-0.15, -0.1) is 16.4 Å². The van der Waals surface area contributed by atoms with Crippen LogP contribution in [0, 0.1) is 6.92 Å². The number of halogens is 1. The second-order valence-electron chi connectivity index (χ2n) is 4.41. The largest absolute Gasteiger partial charge is 0.325 e. The Morgan fingerprint density at radius 1 is 1.35 bits per heavy atom. The molecule has 0 atom stereocenters. The molecule has 1 aromatic carbocycles. The van der Waals surface area contributed by atoms with Crippen LogP contribution in [-0.2, 0) is 6.54 Å². The fourth-order valence-corrected chi connectivity index (χ4v) is 3.14. The third-order valence-electron chi connectivity index (χ3n) is 3.07. The van der Waals surface area contributed by atoms with Gasteiger partial charge in [-0.25, -0.2) is 4.68 Å². The van der Waals surface area contributed by atoms with E-state index in [-0.39, 0.29) is 0 Å². The summed E-state index contributed by atoms with van der Waals surface area (Å²) < 4.78 is 1.83. The molecule has 0 aliphatic carbocycles. The first-order valence-electron chi connectivity index (χ1n) is 6.15. The summed E-state index contributed by atoms with van der Waals surface area (Å²) in [6, 6.07) is 9.77. The molecule has 6 heteroatoms. The summed E-state index contributed by atoms with van der Waals surface area (Å²) in [6.45, 7) is 2.36. The van der Waals surface area contributed by atoms with Crippen LogP contribution >= 0.6 is 22.9 Å². The second kappa shape index (κ2) is 5.36. The van der Waals surface area contributed by atoms with Crippen LogP contribution in [0.3, 0.4) is 0 Å². The lowest BCUT2D eigenvalue weighted by Gasteiger charge is -2.09. The van der Waals surface area contributed by atoms with Crippen LogP contribution in [0.15, 0.2) is 35.7 Å². The van der Waals surface area contributed by atoms with Crippen LogP contribution in [0.25, 0.3) is 16.3 Å². The van der Waals surface area contributed by atoms with Crippen LogP contribution in [0.1, 0.15) is 11.3 Å². The van der Waals surface area contributed by atoms with E-state index in [1.54, 1.807) is 11.3 Å². The Morgan fingerprint density at radius 3 is 2.85 bits per heavy atom. The first kappa shape index (κ1) is 13.3. The molecule has 0 spiro atoms. The molecule has 4 nitrogen and oxygen atoms in total. The number of hydrogen-bond donors (Lipinski definition) is 1. The molecule has 0 unspecified atom stereocenters. The van der Waals surface area contributed by atoms with Gasteiger partial charge in [0.15, 0.2) is 0 Å². The molecule has 3 rings (SSSR count). The fourth-order valence-electron chi connectivity index (χ4n) is 2.14. The molecule has 0 aliphatic rings. The summed E-state index contributed by atoms with van der Waals surface area (Å²) in [5.41, 5.74) is 9.53. The number of aromatic nitrogens is 3. The molecular weight excluding hydrogens is 292 g/mol. The Hall–Kier alpha value is -1.69. The summed E-state index contributed by atoms with van der Waals surface area (Å²) in [7, 11) is 0. The molecule has 0 radical (unpaired) electrons. The van der Waals surface area contributed by atoms with E-state index < -0.39 is 0 Å². The molecule has 0 aliphatic heterocycles. The van der Waals surface area contributed by atoms with Gasteiger partial charge in [0.2, 0.25) is 0 Å². The smallest absolute Gasteiger partial charge is 0.109 e. The number of thiophene rings is 1. The summed E-state index contributed by atoms with van der Waals surface area (Å²) in [5, 5.41) is 11.2. The normalized spacial score (nSPS) is 10.9. The quantitative estimate of drug-likeness (QED) is 0.806. The molecular formula is C14H13ClN4S. The minimum Gasteiger partial charge on any atom is -0.325 e. The van der Waals surface area contributed by atoms with Crippen molar-refractivity contribution in [3.05, 3.63) is 52.0 Å². The predicted molar refractivity (Wildman–Crippen MR) is 82.3 cm³/mol. The summed E-state index contributed by atoms with van der Waals surface area (Å²) in [4.78, 5) is 1.10. The lowest BCUT2D eigenvalue weighted by atomic mass is 10.2. The van der Waals surface area contributed by atoms with Gasteiger partial charge in [-0.3, -0.25) is 0 Å². The standard InChI is InChI=1S/C14H13ClN4S/c1-9-7-10(15)4-5-12(9)19-14(11(8-16)17-18-19)13-3-2-6-20-13/h2-7H,8,16H2,1H3. The zero-order chi connectivity index (χ0) is 14.1. The van der Waals surface area contributed by atoms with Crippen LogP contribution in [0.4, 0.5) is 0 Å². The Morgan fingerprint density at radius 2 is 2.20 bits per heavy atom. The van der Waals surface area contributed by atoms with Crippen molar-refractivity contribution in [1.82, 2.24) is 15.0 Å². The molecule has 0 amide bonds. The molecule has 0 saturated carbocycles. The van der Waals surface area contributed by atoms with E-state index in [1.165, 1.54) is 0 Å². The van der Waals surface area contributed by atoms with Crippen molar-refractivity contribution in [2.75, 3.05) is 0 Å². The number of nitrogens with zero attached hydrogens (tertiary/aromatic N) is 3. The molecule has 2 N–H and O–H groups in total. The van der Waals surface area contributed by atoms with Crippen molar-refractivity contribution in [2.24, 2.45) is 5.73 Å². The van der Waals surface area contributed by atoms with Gasteiger partial charge in [0.05, 0.1) is 10.6 Å². The third-order valence-corrected chi connectivity index (χ3v) is 4.19. The maximum atomic E-state index is 6.01. The van der Waals surface area contributed by atoms with E-state index in [0.717, 1.165) is 27.5 Å². The fraction of sp³-hybridized carbons (Fsp3) is 0.143. The Labute approximate surface area is 125 Å². The molecule has 2 heterocycles. The minimum atomic E-state index is 0.361. The predicted octanol–water partition coefficient (Wildman–Crippen LogP) is 3.42. The molecule has 2 aromatic heterocycles. The van der Waals surface area contributed by atoms with Crippen molar-refractivity contribution >= 4 is 22.9 Å². The van der Waals surface area contributed by atoms with Gasteiger partial charge in [-0.2, -0.15) is 0 Å². The highest BCUT2D eigenvalue weighted by atomic mass is 35.5. The van der Waals surface area contributed by atoms with Crippen LogP contribution in [0.5, 0.6) is 0 Å². The maximum Gasteiger partial charge on any atom is 0.109 e. The Kier molecular flexibility index (Phi) is 3.56. The van der Waals surface area contributed by atoms with Gasteiger partial charge in [-0.05, 0) is 42.1 Å². The zero-order valence-corrected chi connectivity index (χ0v) is 12.4. The topological polar surface area (TPSA) is 56.7 Å². The van der Waals surface area contributed by atoms with Crippen molar-refractivity contribution in [2.45, 2.75) is 13.5 Å². The van der Waals surface area contributed by atoms with Crippen molar-refractivity contribution in [3.63, 3.8) is 0 Å². The van der Waals surface area contributed by atoms with Crippen LogP contribution < -0.4 is 5.73 Å². The van der Waals surface area contributed by atoms with E-state index in [2.05, 4.69) is 10.3 Å². The van der Waals surface area contributed by atoms with Crippen LogP contribution in [0.2, 0.25) is 5.02 Å². The van der Waals surface area contributed by atoms with Crippen molar-refractivity contribution in [1.29, 1.82) is 0 Å². The van der Waals surface area contributed by atoms with E-state index >= 15 is 0 Å². The average Bonchev–Trinajstić information content (AvgIpc) is 3.06. The molecule has 0 saturated heterocycles. The molecule has 3 aromatic rings. The zero-order valence-electron chi connectivity index (χ0n) is 10.9. The minimum absolute atomic E-state index is 0.361. The highest BCUT2D eigenvalue weighted by molar-refractivity contribution is 7.13. The number of aryl methyl sites for hydroxylation is 1. The molecule has 20 heavy (non-hydrogen) atoms. The van der Waals surface area contributed by atoms with Gasteiger partial charge >= 0.3 is 0 Å². The molecule has 0 bridgehead atoms. The number of rotatable bonds is 3. The van der Waals surface area contributed by atoms with Crippen molar-refractivity contribution < 1.29 is 0 Å². The SMILES string of the molecule is Cc1cc(Cl)ccc1-n1nnc(CN)c1-c1cccs1. The number of benzene rings is 1. The third kappa shape index (κ3) is 2.24. The van der Waals surface area contributed by atoms with Gasteiger partial charge in [0.1, 0.15) is 11.4 Å². The first-order chi connectivity index (χ1) is 9.70. The number of nitrogens with two attached hydrogens (primary N) is 1. The molecule has 0 fully saturated rings. The van der Waals surface area contributed by atoms with Gasteiger partial charge in [0.25, 0.3) is 0 Å². The summed E-state index contributed by atoms with van der Waals surface area (Å²) >= 11 is 7.66. The van der Waals surface area contributed by atoms with Gasteiger partial charge in [-0.1, -0.05) is 22.9 Å². The molecule has 102 valence electrons. The van der Waals surface area contributed by atoms with Gasteiger partial charge < -0.3 is 5.73 Å². The first-order valence-corrected chi connectivity index (χ1v) is 7.41. The average molecular weight is 305 g/mol. The lowest BCUT2D eigenvalue weighted by molar-refractivity contribution is 0.796. The highest BCUT2D eigenvalue weighted by Crippen LogP contribution is 2.30. The van der Waals surface area contributed by atoms with E-state index in [0.29, 0.717) is 11.6 Å². The van der Waals surface area contributed by atoms with E-state index in [9.17, 15) is 0 Å². The summed E-state index contributed by atoms with van der Waals surface area (Å²) in [6.07, 6.45) is 0. The monoisotopic (exact) mass is 304 g/mol. The van der Waals surface area contributed by atoms with Crippen LogP contribution in [-0.4, -0.2) is 15.0 Å². The second-order valence-corrected chi connectivity index (χ2v) is 5.79.